The second-order valence-corrected chi connectivity index (χ2v) is 5.42. The molecular formula is C12H5F4NO3S. The lowest BCUT2D eigenvalue weighted by molar-refractivity contribution is -0.0500. The highest BCUT2D eigenvalue weighted by molar-refractivity contribution is 7.88. The summed E-state index contributed by atoms with van der Waals surface area (Å²) in [5.41, 5.74) is -6.38. The predicted octanol–water partition coefficient (Wildman–Crippen LogP) is 3.08. The molecule has 0 fully saturated rings. The van der Waals surface area contributed by atoms with Crippen LogP contribution in [-0.4, -0.2) is 13.9 Å². The third-order valence-electron chi connectivity index (χ3n) is 2.54. The van der Waals surface area contributed by atoms with E-state index in [0.717, 1.165) is 6.07 Å². The van der Waals surface area contributed by atoms with Gasteiger partial charge in [-0.2, -0.15) is 26.9 Å². The van der Waals surface area contributed by atoms with Crippen LogP contribution in [0.4, 0.5) is 17.6 Å². The summed E-state index contributed by atoms with van der Waals surface area (Å²) in [4.78, 5) is 0. The number of fused-ring (bicyclic) bond motifs is 1. The Labute approximate surface area is 116 Å². The number of halogens is 4. The summed E-state index contributed by atoms with van der Waals surface area (Å²) in [5, 5.41) is 8.89. The fourth-order valence-corrected chi connectivity index (χ4v) is 2.08. The molecule has 0 unspecified atom stereocenters. The molecule has 110 valence electrons. The van der Waals surface area contributed by atoms with Crippen LogP contribution < -0.4 is 4.18 Å². The minimum absolute atomic E-state index is 0.163. The molecule has 0 aliphatic heterocycles. The van der Waals surface area contributed by atoms with Crippen molar-refractivity contribution in [1.82, 2.24) is 0 Å². The van der Waals surface area contributed by atoms with Crippen molar-refractivity contribution >= 4 is 20.9 Å². The first-order valence-corrected chi connectivity index (χ1v) is 6.70. The van der Waals surface area contributed by atoms with Gasteiger partial charge in [0.1, 0.15) is 6.07 Å². The van der Waals surface area contributed by atoms with Crippen molar-refractivity contribution in [2.75, 3.05) is 0 Å². The van der Waals surface area contributed by atoms with E-state index in [4.69, 9.17) is 5.26 Å². The van der Waals surface area contributed by atoms with E-state index in [1.165, 1.54) is 30.3 Å². The van der Waals surface area contributed by atoms with E-state index < -0.39 is 32.8 Å². The molecule has 0 aliphatic rings. The van der Waals surface area contributed by atoms with E-state index in [1.807, 2.05) is 0 Å². The fraction of sp³-hybridized carbons (Fsp3) is 0.0833. The molecule has 0 atom stereocenters. The summed E-state index contributed by atoms with van der Waals surface area (Å²) in [6.45, 7) is 0. The molecule has 0 amide bonds. The van der Waals surface area contributed by atoms with Crippen molar-refractivity contribution < 1.29 is 30.2 Å². The molecule has 9 heteroatoms. The van der Waals surface area contributed by atoms with Gasteiger partial charge < -0.3 is 4.18 Å². The van der Waals surface area contributed by atoms with E-state index in [9.17, 15) is 26.0 Å². The van der Waals surface area contributed by atoms with Crippen LogP contribution in [0.1, 0.15) is 5.56 Å². The minimum atomic E-state index is -6.07. The Morgan fingerprint density at radius 3 is 2.38 bits per heavy atom. The zero-order valence-electron chi connectivity index (χ0n) is 9.98. The molecule has 0 N–H and O–H groups in total. The Bertz CT molecular complexity index is 853. The maximum Gasteiger partial charge on any atom is 0.534 e. The molecule has 4 nitrogen and oxygen atoms in total. The highest BCUT2D eigenvalue weighted by atomic mass is 32.2. The number of hydrogen-bond donors (Lipinski definition) is 0. The second kappa shape index (κ2) is 4.89. The first-order chi connectivity index (χ1) is 9.67. The number of benzene rings is 2. The average molecular weight is 319 g/mol. The molecule has 0 saturated carbocycles. The Morgan fingerprint density at radius 2 is 1.81 bits per heavy atom. The van der Waals surface area contributed by atoms with E-state index in [-0.39, 0.29) is 10.8 Å². The van der Waals surface area contributed by atoms with Crippen molar-refractivity contribution in [2.24, 2.45) is 0 Å². The van der Waals surface area contributed by atoms with Crippen molar-refractivity contribution in [3.8, 4) is 11.8 Å². The largest absolute Gasteiger partial charge is 0.534 e. The molecule has 0 radical (unpaired) electrons. The standard InChI is InChI=1S/C12H5F4NO3S/c13-10-9-4-2-1-3-7(9)5-8(6-17)11(10)20-21(18,19)12(14,15)16/h1-5H. The van der Waals surface area contributed by atoms with Gasteiger partial charge in [-0.05, 0) is 11.5 Å². The fourth-order valence-electron chi connectivity index (χ4n) is 1.61. The number of alkyl halides is 3. The van der Waals surface area contributed by atoms with Crippen LogP contribution in [0.25, 0.3) is 10.8 Å². The van der Waals surface area contributed by atoms with E-state index in [1.54, 1.807) is 0 Å². The summed E-state index contributed by atoms with van der Waals surface area (Å²) >= 11 is 0. The van der Waals surface area contributed by atoms with Crippen molar-refractivity contribution in [3.63, 3.8) is 0 Å². The Morgan fingerprint density at radius 1 is 1.19 bits per heavy atom. The molecular weight excluding hydrogens is 314 g/mol. The molecule has 2 aromatic carbocycles. The van der Waals surface area contributed by atoms with Crippen LogP contribution in [0.5, 0.6) is 5.75 Å². The smallest absolute Gasteiger partial charge is 0.371 e. The molecule has 0 aromatic heterocycles. The Balaban J connectivity index is 2.70. The molecule has 0 bridgehead atoms. The van der Waals surface area contributed by atoms with Gasteiger partial charge in [0.25, 0.3) is 0 Å². The number of rotatable bonds is 2. The monoisotopic (exact) mass is 319 g/mol. The lowest BCUT2D eigenvalue weighted by atomic mass is 10.1. The molecule has 2 aromatic rings. The molecule has 2 rings (SSSR count). The quantitative estimate of drug-likeness (QED) is 0.485. The van der Waals surface area contributed by atoms with Gasteiger partial charge in [-0.25, -0.2) is 4.39 Å². The topological polar surface area (TPSA) is 67.2 Å². The van der Waals surface area contributed by atoms with Crippen LogP contribution >= 0.6 is 0 Å². The zero-order valence-corrected chi connectivity index (χ0v) is 10.8. The van der Waals surface area contributed by atoms with Crippen LogP contribution in [-0.2, 0) is 10.1 Å². The van der Waals surface area contributed by atoms with Gasteiger partial charge in [0, 0.05) is 5.39 Å². The lowest BCUT2D eigenvalue weighted by Crippen LogP contribution is -2.28. The summed E-state index contributed by atoms with van der Waals surface area (Å²) in [6, 6.07) is 8.01. The highest BCUT2D eigenvalue weighted by Gasteiger charge is 2.49. The molecule has 0 spiro atoms. The van der Waals surface area contributed by atoms with Gasteiger partial charge in [-0.1, -0.05) is 24.3 Å². The first-order valence-electron chi connectivity index (χ1n) is 5.29. The van der Waals surface area contributed by atoms with Gasteiger partial charge >= 0.3 is 15.6 Å². The maximum absolute atomic E-state index is 14.1. The minimum Gasteiger partial charge on any atom is -0.371 e. The van der Waals surface area contributed by atoms with Gasteiger partial charge in [0.15, 0.2) is 11.6 Å². The molecule has 21 heavy (non-hydrogen) atoms. The molecule has 0 saturated heterocycles. The van der Waals surface area contributed by atoms with Crippen LogP contribution in [0.2, 0.25) is 0 Å². The van der Waals surface area contributed by atoms with Crippen molar-refractivity contribution in [3.05, 3.63) is 41.7 Å². The SMILES string of the molecule is N#Cc1cc2ccccc2c(F)c1OS(=O)(=O)C(F)(F)F. The zero-order chi connectivity index (χ0) is 15.8. The molecule has 0 heterocycles. The van der Waals surface area contributed by atoms with Crippen LogP contribution in [0, 0.1) is 17.1 Å². The average Bonchev–Trinajstić information content (AvgIpc) is 2.40. The van der Waals surface area contributed by atoms with E-state index in [0.29, 0.717) is 0 Å². The summed E-state index contributed by atoms with van der Waals surface area (Å²) < 4.78 is 76.7. The van der Waals surface area contributed by atoms with Gasteiger partial charge in [0.2, 0.25) is 0 Å². The Hall–Kier alpha value is -2.34. The van der Waals surface area contributed by atoms with E-state index in [2.05, 4.69) is 4.18 Å². The van der Waals surface area contributed by atoms with Crippen molar-refractivity contribution in [1.29, 1.82) is 5.26 Å². The van der Waals surface area contributed by atoms with Gasteiger partial charge in [-0.3, -0.25) is 0 Å². The third-order valence-corrected chi connectivity index (χ3v) is 3.49. The lowest BCUT2D eigenvalue weighted by Gasteiger charge is -2.12. The predicted molar refractivity (Wildman–Crippen MR) is 64.2 cm³/mol. The van der Waals surface area contributed by atoms with Crippen molar-refractivity contribution in [2.45, 2.75) is 5.51 Å². The van der Waals surface area contributed by atoms with Gasteiger partial charge in [0.05, 0.1) is 5.56 Å². The normalized spacial score (nSPS) is 12.1. The van der Waals surface area contributed by atoms with E-state index >= 15 is 0 Å². The third kappa shape index (κ3) is 2.62. The summed E-state index contributed by atoms with van der Waals surface area (Å²) in [5.74, 6) is -2.62. The second-order valence-electron chi connectivity index (χ2n) is 3.88. The van der Waals surface area contributed by atoms with Crippen LogP contribution in [0.3, 0.4) is 0 Å². The number of nitriles is 1. The highest BCUT2D eigenvalue weighted by Crippen LogP contribution is 2.34. The number of hydrogen-bond acceptors (Lipinski definition) is 4. The summed E-state index contributed by atoms with van der Waals surface area (Å²) in [7, 11) is -6.07. The molecule has 0 aliphatic carbocycles. The number of nitrogens with zero attached hydrogens (tertiary/aromatic N) is 1. The first kappa shape index (κ1) is 15.1. The Kier molecular flexibility index (Phi) is 3.51. The summed E-state index contributed by atoms with van der Waals surface area (Å²) in [6.07, 6.45) is 0. The van der Waals surface area contributed by atoms with Gasteiger partial charge in [-0.15, -0.1) is 0 Å². The maximum atomic E-state index is 14.1. The van der Waals surface area contributed by atoms with Crippen LogP contribution in [0.15, 0.2) is 30.3 Å².